The van der Waals surface area contributed by atoms with Gasteiger partial charge in [0.25, 0.3) is 5.69 Å². The summed E-state index contributed by atoms with van der Waals surface area (Å²) >= 11 is 0. The molecule has 1 aliphatic carbocycles. The minimum atomic E-state index is -0.370. The third kappa shape index (κ3) is 2.34. The van der Waals surface area contributed by atoms with Crippen LogP contribution in [0.1, 0.15) is 35.7 Å². The zero-order valence-electron chi connectivity index (χ0n) is 12.8. The topological polar surface area (TPSA) is 108 Å². The lowest BCUT2D eigenvalue weighted by Crippen LogP contribution is -2.15. The lowest BCUT2D eigenvalue weighted by Gasteiger charge is -2.24. The first-order chi connectivity index (χ1) is 11.6. The monoisotopic (exact) mass is 321 g/mol. The van der Waals surface area contributed by atoms with Crippen molar-refractivity contribution in [3.63, 3.8) is 0 Å². The number of fused-ring (bicyclic) bond motifs is 2. The number of anilines is 1. The van der Waals surface area contributed by atoms with E-state index in [1.165, 1.54) is 0 Å². The van der Waals surface area contributed by atoms with Gasteiger partial charge in [0.2, 0.25) is 0 Å². The molecule has 0 saturated carbocycles. The number of nitrogens with zero attached hydrogens (tertiary/aromatic N) is 4. The average Bonchev–Trinajstić information content (AvgIpc) is 2.60. The molecule has 7 nitrogen and oxygen atoms in total. The summed E-state index contributed by atoms with van der Waals surface area (Å²) in [6, 6.07) is 8.69. The van der Waals surface area contributed by atoms with E-state index in [1.54, 1.807) is 24.4 Å². The SMILES string of the molecule is Nc1nc(C2CCCc3ccc([N+](=O)[O-])cc32)nc2cccnc12. The van der Waals surface area contributed by atoms with E-state index in [0.717, 1.165) is 30.4 Å². The molecule has 0 amide bonds. The number of nitrogens with two attached hydrogens (primary N) is 1. The molecule has 24 heavy (non-hydrogen) atoms. The van der Waals surface area contributed by atoms with E-state index in [-0.39, 0.29) is 16.5 Å². The van der Waals surface area contributed by atoms with E-state index < -0.39 is 0 Å². The zero-order chi connectivity index (χ0) is 16.7. The predicted octanol–water partition coefficient (Wildman–Crippen LogP) is 2.98. The number of hydrogen-bond donors (Lipinski definition) is 1. The minimum Gasteiger partial charge on any atom is -0.382 e. The van der Waals surface area contributed by atoms with Gasteiger partial charge in [0.15, 0.2) is 5.82 Å². The Morgan fingerprint density at radius 2 is 2.12 bits per heavy atom. The van der Waals surface area contributed by atoms with Crippen LogP contribution in [0.2, 0.25) is 0 Å². The number of nitro groups is 1. The second kappa shape index (κ2) is 5.52. The van der Waals surface area contributed by atoms with Gasteiger partial charge in [-0.2, -0.15) is 0 Å². The molecule has 0 saturated heterocycles. The van der Waals surface area contributed by atoms with Crippen LogP contribution in [0, 0.1) is 10.1 Å². The third-order valence-electron chi connectivity index (χ3n) is 4.47. The Labute approximate surface area is 137 Å². The van der Waals surface area contributed by atoms with E-state index in [2.05, 4.69) is 15.0 Å². The van der Waals surface area contributed by atoms with E-state index in [4.69, 9.17) is 5.73 Å². The van der Waals surface area contributed by atoms with Gasteiger partial charge in [0.05, 0.1) is 10.4 Å². The molecule has 1 aromatic carbocycles. The van der Waals surface area contributed by atoms with Crippen molar-refractivity contribution >= 4 is 22.5 Å². The summed E-state index contributed by atoms with van der Waals surface area (Å²) in [4.78, 5) is 24.0. The van der Waals surface area contributed by atoms with Crippen LogP contribution in [-0.4, -0.2) is 19.9 Å². The van der Waals surface area contributed by atoms with Crippen LogP contribution in [-0.2, 0) is 6.42 Å². The largest absolute Gasteiger partial charge is 0.382 e. The van der Waals surface area contributed by atoms with Crippen molar-refractivity contribution in [2.45, 2.75) is 25.2 Å². The fraction of sp³-hybridized carbons (Fsp3) is 0.235. The molecular weight excluding hydrogens is 306 g/mol. The van der Waals surface area contributed by atoms with E-state index in [0.29, 0.717) is 22.7 Å². The van der Waals surface area contributed by atoms with E-state index >= 15 is 0 Å². The molecular formula is C17H15N5O2. The van der Waals surface area contributed by atoms with Crippen molar-refractivity contribution in [2.24, 2.45) is 0 Å². The van der Waals surface area contributed by atoms with Gasteiger partial charge in [-0.1, -0.05) is 6.07 Å². The number of nitro benzene ring substituents is 1. The van der Waals surface area contributed by atoms with Crippen LogP contribution in [0.4, 0.5) is 11.5 Å². The zero-order valence-corrected chi connectivity index (χ0v) is 12.8. The van der Waals surface area contributed by atoms with Crippen molar-refractivity contribution in [2.75, 3.05) is 5.73 Å². The Hall–Kier alpha value is -3.09. The Bertz CT molecular complexity index is 957. The molecule has 2 aromatic heterocycles. The lowest BCUT2D eigenvalue weighted by molar-refractivity contribution is -0.384. The smallest absolute Gasteiger partial charge is 0.269 e. The minimum absolute atomic E-state index is 0.0828. The molecule has 0 spiro atoms. The van der Waals surface area contributed by atoms with Crippen LogP contribution >= 0.6 is 0 Å². The number of hydrogen-bond acceptors (Lipinski definition) is 6. The van der Waals surface area contributed by atoms with Gasteiger partial charge in [-0.25, -0.2) is 9.97 Å². The number of nitrogen functional groups attached to an aromatic ring is 1. The highest BCUT2D eigenvalue weighted by Gasteiger charge is 2.27. The van der Waals surface area contributed by atoms with Crippen molar-refractivity contribution in [1.29, 1.82) is 0 Å². The number of non-ortho nitro benzene ring substituents is 1. The molecule has 1 aliphatic rings. The van der Waals surface area contributed by atoms with Crippen LogP contribution in [0.15, 0.2) is 36.5 Å². The molecule has 0 fully saturated rings. The molecule has 0 radical (unpaired) electrons. The van der Waals surface area contributed by atoms with Gasteiger partial charge >= 0.3 is 0 Å². The highest BCUT2D eigenvalue weighted by Crippen LogP contribution is 2.37. The predicted molar refractivity (Wildman–Crippen MR) is 89.6 cm³/mol. The Morgan fingerprint density at radius 1 is 1.25 bits per heavy atom. The van der Waals surface area contributed by atoms with E-state index in [1.807, 2.05) is 12.1 Å². The standard InChI is InChI=1S/C17H15N5O2/c18-16-15-14(5-2-8-19-15)20-17(21-16)12-4-1-3-10-6-7-11(22(23)24)9-13(10)12/h2,5-9,12H,1,3-4H2,(H2,18,20,21). The second-order valence-corrected chi connectivity index (χ2v) is 5.92. The molecule has 2 heterocycles. The van der Waals surface area contributed by atoms with Crippen molar-refractivity contribution < 1.29 is 4.92 Å². The third-order valence-corrected chi connectivity index (χ3v) is 4.47. The van der Waals surface area contributed by atoms with Gasteiger partial charge in [-0.05, 0) is 42.5 Å². The van der Waals surface area contributed by atoms with Crippen LogP contribution in [0.25, 0.3) is 11.0 Å². The van der Waals surface area contributed by atoms with Gasteiger partial charge in [-0.3, -0.25) is 15.1 Å². The van der Waals surface area contributed by atoms with Gasteiger partial charge in [0.1, 0.15) is 11.3 Å². The summed E-state index contributed by atoms with van der Waals surface area (Å²) in [5.41, 5.74) is 9.45. The highest BCUT2D eigenvalue weighted by atomic mass is 16.6. The van der Waals surface area contributed by atoms with Gasteiger partial charge in [0, 0.05) is 24.2 Å². The van der Waals surface area contributed by atoms with Crippen molar-refractivity contribution in [1.82, 2.24) is 15.0 Å². The maximum Gasteiger partial charge on any atom is 0.269 e. The van der Waals surface area contributed by atoms with Crippen LogP contribution in [0.5, 0.6) is 0 Å². The molecule has 7 heteroatoms. The first kappa shape index (κ1) is 14.5. The normalized spacial score (nSPS) is 16.8. The number of aryl methyl sites for hydroxylation is 1. The molecule has 1 unspecified atom stereocenters. The molecule has 0 bridgehead atoms. The fourth-order valence-electron chi connectivity index (χ4n) is 3.33. The molecule has 1 atom stereocenters. The average molecular weight is 321 g/mol. The number of aromatic nitrogens is 3. The first-order valence-electron chi connectivity index (χ1n) is 7.79. The Morgan fingerprint density at radius 3 is 2.96 bits per heavy atom. The highest BCUT2D eigenvalue weighted by molar-refractivity contribution is 5.83. The summed E-state index contributed by atoms with van der Waals surface area (Å²) in [7, 11) is 0. The summed E-state index contributed by atoms with van der Waals surface area (Å²) in [5, 5.41) is 11.1. The molecule has 0 aliphatic heterocycles. The molecule has 3 aromatic rings. The summed E-state index contributed by atoms with van der Waals surface area (Å²) < 4.78 is 0. The number of rotatable bonds is 2. The van der Waals surface area contributed by atoms with E-state index in [9.17, 15) is 10.1 Å². The summed E-state index contributed by atoms with van der Waals surface area (Å²) in [6.45, 7) is 0. The van der Waals surface area contributed by atoms with Crippen molar-refractivity contribution in [3.05, 3.63) is 63.6 Å². The molecule has 2 N–H and O–H groups in total. The van der Waals surface area contributed by atoms with Crippen LogP contribution < -0.4 is 5.73 Å². The molecule has 4 rings (SSSR count). The first-order valence-corrected chi connectivity index (χ1v) is 7.79. The maximum absolute atomic E-state index is 11.1. The summed E-state index contributed by atoms with van der Waals surface area (Å²) in [6.07, 6.45) is 4.40. The van der Waals surface area contributed by atoms with Gasteiger partial charge in [-0.15, -0.1) is 0 Å². The van der Waals surface area contributed by atoms with Gasteiger partial charge < -0.3 is 5.73 Å². The maximum atomic E-state index is 11.1. The van der Waals surface area contributed by atoms with Crippen LogP contribution in [0.3, 0.4) is 0 Å². The lowest BCUT2D eigenvalue weighted by atomic mass is 9.82. The fourth-order valence-corrected chi connectivity index (χ4v) is 3.33. The summed E-state index contributed by atoms with van der Waals surface area (Å²) in [5.74, 6) is 0.864. The Balaban J connectivity index is 1.87. The quantitative estimate of drug-likeness (QED) is 0.574. The number of pyridine rings is 1. The molecule has 120 valence electrons. The number of benzene rings is 1. The van der Waals surface area contributed by atoms with Crippen molar-refractivity contribution in [3.8, 4) is 0 Å². The Kier molecular flexibility index (Phi) is 3.34. The second-order valence-electron chi connectivity index (χ2n) is 5.92.